The number of aryl methyl sites for hydroxylation is 1. The van der Waals surface area contributed by atoms with Crippen molar-refractivity contribution in [1.29, 1.82) is 0 Å². The molecule has 5 heteroatoms. The molecule has 0 saturated heterocycles. The summed E-state index contributed by atoms with van der Waals surface area (Å²) >= 11 is 0. The van der Waals surface area contributed by atoms with Crippen LogP contribution < -0.4 is 0 Å². The van der Waals surface area contributed by atoms with Crippen molar-refractivity contribution in [3.63, 3.8) is 0 Å². The highest BCUT2D eigenvalue weighted by Gasteiger charge is 2.19. The van der Waals surface area contributed by atoms with Crippen LogP contribution in [0.2, 0.25) is 0 Å². The molecule has 0 aliphatic carbocycles. The summed E-state index contributed by atoms with van der Waals surface area (Å²) in [6, 6.07) is 13.0. The zero-order chi connectivity index (χ0) is 17.1. The summed E-state index contributed by atoms with van der Waals surface area (Å²) in [7, 11) is 0. The number of benzene rings is 2. The van der Waals surface area contributed by atoms with Crippen LogP contribution >= 0.6 is 0 Å². The van der Waals surface area contributed by atoms with E-state index in [0.29, 0.717) is 29.5 Å². The summed E-state index contributed by atoms with van der Waals surface area (Å²) < 4.78 is 10.9. The average Bonchev–Trinajstić information content (AvgIpc) is 3.07. The van der Waals surface area contributed by atoms with E-state index in [0.717, 1.165) is 16.7 Å². The lowest BCUT2D eigenvalue weighted by molar-refractivity contribution is 0.0527. The van der Waals surface area contributed by atoms with Crippen molar-refractivity contribution in [3.8, 4) is 22.9 Å². The molecule has 0 saturated carbocycles. The number of carbonyl (C=O) groups is 1. The molecule has 0 fully saturated rings. The molecule has 1 aromatic heterocycles. The zero-order valence-corrected chi connectivity index (χ0v) is 13.9. The van der Waals surface area contributed by atoms with Gasteiger partial charge in [-0.25, -0.2) is 4.79 Å². The molecule has 122 valence electrons. The third-order valence-corrected chi connectivity index (χ3v) is 3.91. The van der Waals surface area contributed by atoms with Crippen molar-refractivity contribution in [2.24, 2.45) is 0 Å². The minimum absolute atomic E-state index is 0.301. The molecule has 0 bridgehead atoms. The Labute approximate surface area is 140 Å². The van der Waals surface area contributed by atoms with Gasteiger partial charge in [0.1, 0.15) is 0 Å². The van der Waals surface area contributed by atoms with E-state index in [4.69, 9.17) is 9.15 Å². The summed E-state index contributed by atoms with van der Waals surface area (Å²) in [6.45, 7) is 6.13. The Kier molecular flexibility index (Phi) is 4.42. The predicted molar refractivity (Wildman–Crippen MR) is 90.6 cm³/mol. The molecule has 2 aromatic carbocycles. The molecule has 0 atom stereocenters. The second-order valence-corrected chi connectivity index (χ2v) is 5.43. The average molecular weight is 322 g/mol. The SMILES string of the molecule is CCOC(=O)c1ccccc1-c1nnc(-c2cccc(C)c2C)o1. The van der Waals surface area contributed by atoms with Crippen molar-refractivity contribution < 1.29 is 13.9 Å². The highest BCUT2D eigenvalue weighted by Crippen LogP contribution is 2.29. The maximum absolute atomic E-state index is 12.1. The number of esters is 1. The first-order valence-electron chi connectivity index (χ1n) is 7.78. The van der Waals surface area contributed by atoms with E-state index in [-0.39, 0.29) is 0 Å². The molecular weight excluding hydrogens is 304 g/mol. The second-order valence-electron chi connectivity index (χ2n) is 5.43. The first kappa shape index (κ1) is 15.9. The minimum Gasteiger partial charge on any atom is -0.462 e. The van der Waals surface area contributed by atoms with E-state index >= 15 is 0 Å². The highest BCUT2D eigenvalue weighted by atomic mass is 16.5. The fraction of sp³-hybridized carbons (Fsp3) is 0.211. The van der Waals surface area contributed by atoms with E-state index in [1.807, 2.05) is 38.1 Å². The largest absolute Gasteiger partial charge is 0.462 e. The standard InChI is InChI=1S/C19H18N2O3/c1-4-23-19(22)16-10-6-5-9-15(16)18-21-20-17(24-18)14-11-7-8-12(2)13(14)3/h5-11H,4H2,1-3H3. The summed E-state index contributed by atoms with van der Waals surface area (Å²) in [5.41, 5.74) is 4.11. The molecule has 1 heterocycles. The molecular formula is C19H18N2O3. The maximum Gasteiger partial charge on any atom is 0.338 e. The molecule has 0 radical (unpaired) electrons. The lowest BCUT2D eigenvalue weighted by Gasteiger charge is -2.05. The van der Waals surface area contributed by atoms with Crippen LogP contribution in [-0.2, 0) is 4.74 Å². The van der Waals surface area contributed by atoms with Gasteiger partial charge in [0.15, 0.2) is 0 Å². The third kappa shape index (κ3) is 2.93. The minimum atomic E-state index is -0.403. The Balaban J connectivity index is 2.03. The molecule has 0 spiro atoms. The van der Waals surface area contributed by atoms with E-state index in [1.54, 1.807) is 25.1 Å². The van der Waals surface area contributed by atoms with Crippen molar-refractivity contribution in [2.45, 2.75) is 20.8 Å². The molecule has 3 rings (SSSR count). The monoisotopic (exact) mass is 322 g/mol. The van der Waals surface area contributed by atoms with Gasteiger partial charge < -0.3 is 9.15 Å². The van der Waals surface area contributed by atoms with E-state index < -0.39 is 5.97 Å². The van der Waals surface area contributed by atoms with Gasteiger partial charge in [-0.15, -0.1) is 10.2 Å². The van der Waals surface area contributed by atoms with Crippen molar-refractivity contribution in [2.75, 3.05) is 6.61 Å². The number of carbonyl (C=O) groups excluding carboxylic acids is 1. The Bertz CT molecular complexity index is 884. The van der Waals surface area contributed by atoms with Gasteiger partial charge >= 0.3 is 5.97 Å². The van der Waals surface area contributed by atoms with Crippen LogP contribution in [0.3, 0.4) is 0 Å². The van der Waals surface area contributed by atoms with Crippen LogP contribution in [0.15, 0.2) is 46.9 Å². The van der Waals surface area contributed by atoms with Gasteiger partial charge in [0.05, 0.1) is 17.7 Å². The molecule has 5 nitrogen and oxygen atoms in total. The van der Waals surface area contributed by atoms with Gasteiger partial charge in [-0.1, -0.05) is 24.3 Å². The van der Waals surface area contributed by atoms with Crippen LogP contribution in [0.25, 0.3) is 22.9 Å². The topological polar surface area (TPSA) is 65.2 Å². The summed E-state index contributed by atoms with van der Waals surface area (Å²) in [4.78, 5) is 12.1. The van der Waals surface area contributed by atoms with Crippen molar-refractivity contribution in [3.05, 3.63) is 59.2 Å². The lowest BCUT2D eigenvalue weighted by atomic mass is 10.0. The fourth-order valence-electron chi connectivity index (χ4n) is 2.48. The van der Waals surface area contributed by atoms with Gasteiger partial charge in [-0.2, -0.15) is 0 Å². The van der Waals surface area contributed by atoms with Gasteiger partial charge in [-0.05, 0) is 50.1 Å². The number of hydrogen-bond acceptors (Lipinski definition) is 5. The molecule has 24 heavy (non-hydrogen) atoms. The summed E-state index contributed by atoms with van der Waals surface area (Å²) in [6.07, 6.45) is 0. The molecule has 0 aliphatic rings. The van der Waals surface area contributed by atoms with Crippen LogP contribution in [0.1, 0.15) is 28.4 Å². The van der Waals surface area contributed by atoms with E-state index in [1.165, 1.54) is 0 Å². The first-order valence-corrected chi connectivity index (χ1v) is 7.78. The Morgan fingerprint density at radius 3 is 2.42 bits per heavy atom. The normalized spacial score (nSPS) is 10.6. The van der Waals surface area contributed by atoms with Crippen molar-refractivity contribution >= 4 is 5.97 Å². The molecule has 3 aromatic rings. The van der Waals surface area contributed by atoms with Crippen LogP contribution in [0.4, 0.5) is 0 Å². The summed E-state index contributed by atoms with van der Waals surface area (Å²) in [5.74, 6) is 0.332. The highest BCUT2D eigenvalue weighted by molar-refractivity contribution is 5.96. The molecule has 0 unspecified atom stereocenters. The van der Waals surface area contributed by atoms with E-state index in [2.05, 4.69) is 10.2 Å². The maximum atomic E-state index is 12.1. The van der Waals surface area contributed by atoms with Gasteiger partial charge in [0.25, 0.3) is 0 Å². The predicted octanol–water partition coefficient (Wildman–Crippen LogP) is 4.20. The zero-order valence-electron chi connectivity index (χ0n) is 13.9. The van der Waals surface area contributed by atoms with Gasteiger partial charge in [-0.3, -0.25) is 0 Å². The van der Waals surface area contributed by atoms with Crippen LogP contribution in [-0.4, -0.2) is 22.8 Å². The number of aromatic nitrogens is 2. The Hall–Kier alpha value is -2.95. The van der Waals surface area contributed by atoms with Gasteiger partial charge in [0, 0.05) is 5.56 Å². The Morgan fingerprint density at radius 1 is 1.00 bits per heavy atom. The summed E-state index contributed by atoms with van der Waals surface area (Å²) in [5, 5.41) is 8.25. The Morgan fingerprint density at radius 2 is 1.67 bits per heavy atom. The van der Waals surface area contributed by atoms with Crippen molar-refractivity contribution in [1.82, 2.24) is 10.2 Å². The van der Waals surface area contributed by atoms with E-state index in [9.17, 15) is 4.79 Å². The van der Waals surface area contributed by atoms with Crippen LogP contribution in [0, 0.1) is 13.8 Å². The number of ether oxygens (including phenoxy) is 1. The smallest absolute Gasteiger partial charge is 0.338 e. The number of hydrogen-bond donors (Lipinski definition) is 0. The quantitative estimate of drug-likeness (QED) is 0.674. The lowest BCUT2D eigenvalue weighted by Crippen LogP contribution is -2.06. The first-order chi connectivity index (χ1) is 11.6. The van der Waals surface area contributed by atoms with Crippen LogP contribution in [0.5, 0.6) is 0 Å². The molecule has 0 aliphatic heterocycles. The molecule has 0 amide bonds. The molecule has 0 N–H and O–H groups in total. The van der Waals surface area contributed by atoms with Gasteiger partial charge in [0.2, 0.25) is 11.8 Å². The fourth-order valence-corrected chi connectivity index (χ4v) is 2.48. The number of rotatable bonds is 4. The third-order valence-electron chi connectivity index (χ3n) is 3.91. The number of nitrogens with zero attached hydrogens (tertiary/aromatic N) is 2. The second kappa shape index (κ2) is 6.66.